The zero-order chi connectivity index (χ0) is 13.5. The normalized spacial score (nSPS) is 18.4. The molecule has 0 N–H and O–H groups in total. The molecule has 1 atom stereocenters. The lowest BCUT2D eigenvalue weighted by Gasteiger charge is -2.14. The predicted octanol–water partition coefficient (Wildman–Crippen LogP) is 3.52. The van der Waals surface area contributed by atoms with Crippen LogP contribution in [0.5, 0.6) is 0 Å². The molecule has 0 aromatic heterocycles. The minimum atomic E-state index is -0.255. The van der Waals surface area contributed by atoms with E-state index in [1.54, 1.807) is 6.08 Å². The van der Waals surface area contributed by atoms with E-state index in [9.17, 15) is 4.79 Å². The van der Waals surface area contributed by atoms with Crippen LogP contribution in [0.1, 0.15) is 39.5 Å². The van der Waals surface area contributed by atoms with Crippen LogP contribution in [0.15, 0.2) is 36.1 Å². The molecule has 0 fully saturated rings. The first-order chi connectivity index (χ1) is 8.63. The van der Waals surface area contributed by atoms with Gasteiger partial charge in [0, 0.05) is 12.8 Å². The highest BCUT2D eigenvalue weighted by Gasteiger charge is 2.31. The highest BCUT2D eigenvalue weighted by molar-refractivity contribution is 5.89. The van der Waals surface area contributed by atoms with Crippen LogP contribution < -0.4 is 0 Å². The van der Waals surface area contributed by atoms with Crippen molar-refractivity contribution in [3.8, 4) is 0 Å². The van der Waals surface area contributed by atoms with Crippen molar-refractivity contribution in [2.75, 3.05) is 6.61 Å². The van der Waals surface area contributed by atoms with Gasteiger partial charge in [-0.05, 0) is 25.3 Å². The van der Waals surface area contributed by atoms with Crippen molar-refractivity contribution in [2.45, 2.75) is 45.6 Å². The Morgan fingerprint density at radius 1 is 1.56 bits per heavy atom. The molecule has 0 aromatic carbocycles. The first-order valence-corrected chi connectivity index (χ1v) is 6.48. The smallest absolute Gasteiger partial charge is 0.337 e. The minimum Gasteiger partial charge on any atom is -0.490 e. The largest absolute Gasteiger partial charge is 0.490 e. The molecule has 3 heteroatoms. The second kappa shape index (κ2) is 7.04. The fraction of sp³-hybridized carbons (Fsp3) is 0.533. The van der Waals surface area contributed by atoms with Gasteiger partial charge < -0.3 is 9.47 Å². The second-order valence-electron chi connectivity index (χ2n) is 4.33. The second-order valence-corrected chi connectivity index (χ2v) is 4.33. The van der Waals surface area contributed by atoms with Gasteiger partial charge in [0.2, 0.25) is 0 Å². The van der Waals surface area contributed by atoms with E-state index in [2.05, 4.69) is 20.1 Å². The molecular formula is C15H22O3. The van der Waals surface area contributed by atoms with Crippen LogP contribution >= 0.6 is 0 Å². The van der Waals surface area contributed by atoms with E-state index >= 15 is 0 Å². The molecule has 0 saturated carbocycles. The average Bonchev–Trinajstić information content (AvgIpc) is 2.74. The standard InChI is InChI=1S/C15H22O3/c1-5-8-11(4)14-10-12(15(16)17-7-3)13(18-14)9-6-2/h5,14H,1,4,6-10H2,2-3H3. The summed E-state index contributed by atoms with van der Waals surface area (Å²) in [6.07, 6.45) is 4.68. The van der Waals surface area contributed by atoms with Crippen LogP contribution in [-0.4, -0.2) is 18.7 Å². The van der Waals surface area contributed by atoms with Crippen LogP contribution in [-0.2, 0) is 14.3 Å². The molecule has 18 heavy (non-hydrogen) atoms. The molecule has 0 bridgehead atoms. The van der Waals surface area contributed by atoms with Gasteiger partial charge in [0.1, 0.15) is 11.9 Å². The summed E-state index contributed by atoms with van der Waals surface area (Å²) in [5.74, 6) is 0.515. The minimum absolute atomic E-state index is 0.107. The van der Waals surface area contributed by atoms with Gasteiger partial charge in [-0.2, -0.15) is 0 Å². The molecule has 1 rings (SSSR count). The third-order valence-corrected chi connectivity index (χ3v) is 2.87. The maximum atomic E-state index is 11.8. The Balaban J connectivity index is 2.76. The van der Waals surface area contributed by atoms with Gasteiger partial charge in [-0.3, -0.25) is 0 Å². The fourth-order valence-electron chi connectivity index (χ4n) is 1.98. The fourth-order valence-corrected chi connectivity index (χ4v) is 1.98. The molecule has 1 heterocycles. The first kappa shape index (κ1) is 14.6. The Labute approximate surface area is 109 Å². The number of carbonyl (C=O) groups excluding carboxylic acids is 1. The lowest BCUT2D eigenvalue weighted by Crippen LogP contribution is -2.11. The molecule has 3 nitrogen and oxygen atoms in total. The number of carbonyl (C=O) groups is 1. The van der Waals surface area contributed by atoms with Crippen molar-refractivity contribution in [3.63, 3.8) is 0 Å². The van der Waals surface area contributed by atoms with Crippen LogP contribution in [0.4, 0.5) is 0 Å². The molecule has 1 aliphatic rings. The average molecular weight is 250 g/mol. The van der Waals surface area contributed by atoms with Crippen molar-refractivity contribution in [2.24, 2.45) is 0 Å². The Bertz CT molecular complexity index is 366. The van der Waals surface area contributed by atoms with Crippen molar-refractivity contribution >= 4 is 5.97 Å². The summed E-state index contributed by atoms with van der Waals surface area (Å²) in [7, 11) is 0. The summed E-state index contributed by atoms with van der Waals surface area (Å²) < 4.78 is 10.9. The Hall–Kier alpha value is -1.51. The summed E-state index contributed by atoms with van der Waals surface area (Å²) in [6, 6.07) is 0. The van der Waals surface area contributed by atoms with E-state index in [0.717, 1.165) is 24.2 Å². The molecule has 0 spiro atoms. The summed E-state index contributed by atoms with van der Waals surface area (Å²) in [4.78, 5) is 11.8. The van der Waals surface area contributed by atoms with Gasteiger partial charge in [-0.1, -0.05) is 19.6 Å². The summed E-state index contributed by atoms with van der Waals surface area (Å²) in [5, 5.41) is 0. The van der Waals surface area contributed by atoms with E-state index in [1.165, 1.54) is 0 Å². The third-order valence-electron chi connectivity index (χ3n) is 2.87. The number of hydrogen-bond donors (Lipinski definition) is 0. The number of allylic oxidation sites excluding steroid dienone is 2. The topological polar surface area (TPSA) is 35.5 Å². The van der Waals surface area contributed by atoms with Gasteiger partial charge in [-0.15, -0.1) is 6.58 Å². The highest BCUT2D eigenvalue weighted by Crippen LogP contribution is 2.33. The first-order valence-electron chi connectivity index (χ1n) is 6.48. The molecule has 0 aromatic rings. The van der Waals surface area contributed by atoms with E-state index in [1.807, 2.05) is 6.92 Å². The molecular weight excluding hydrogens is 228 g/mol. The number of esters is 1. The van der Waals surface area contributed by atoms with Crippen LogP contribution in [0.3, 0.4) is 0 Å². The third kappa shape index (κ3) is 3.49. The Morgan fingerprint density at radius 2 is 2.28 bits per heavy atom. The highest BCUT2D eigenvalue weighted by atomic mass is 16.5. The monoisotopic (exact) mass is 250 g/mol. The summed E-state index contributed by atoms with van der Waals surface area (Å²) >= 11 is 0. The molecule has 0 saturated heterocycles. The SMILES string of the molecule is C=CCC(=C)C1CC(C(=O)OCC)=C(CCC)O1. The molecule has 100 valence electrons. The predicted molar refractivity (Wildman–Crippen MR) is 72.0 cm³/mol. The zero-order valence-electron chi connectivity index (χ0n) is 11.3. The van der Waals surface area contributed by atoms with Crippen molar-refractivity contribution in [1.82, 2.24) is 0 Å². The lowest BCUT2D eigenvalue weighted by molar-refractivity contribution is -0.138. The van der Waals surface area contributed by atoms with E-state index in [-0.39, 0.29) is 12.1 Å². The van der Waals surface area contributed by atoms with Crippen LogP contribution in [0.25, 0.3) is 0 Å². The van der Waals surface area contributed by atoms with E-state index in [4.69, 9.17) is 9.47 Å². The quantitative estimate of drug-likeness (QED) is 0.512. The molecule has 1 aliphatic heterocycles. The maximum Gasteiger partial charge on any atom is 0.337 e. The lowest BCUT2D eigenvalue weighted by atomic mass is 10.0. The Morgan fingerprint density at radius 3 is 2.83 bits per heavy atom. The zero-order valence-corrected chi connectivity index (χ0v) is 11.3. The Kier molecular flexibility index (Phi) is 5.69. The van der Waals surface area contributed by atoms with Gasteiger partial charge >= 0.3 is 5.97 Å². The van der Waals surface area contributed by atoms with Crippen LogP contribution in [0, 0.1) is 0 Å². The van der Waals surface area contributed by atoms with Crippen molar-refractivity contribution in [1.29, 1.82) is 0 Å². The molecule has 0 amide bonds. The van der Waals surface area contributed by atoms with Crippen molar-refractivity contribution in [3.05, 3.63) is 36.1 Å². The number of rotatable bonds is 7. The van der Waals surface area contributed by atoms with Crippen molar-refractivity contribution < 1.29 is 14.3 Å². The molecule has 0 radical (unpaired) electrons. The number of ether oxygens (including phenoxy) is 2. The maximum absolute atomic E-state index is 11.8. The number of hydrogen-bond acceptors (Lipinski definition) is 3. The van der Waals surface area contributed by atoms with Gasteiger partial charge in [0.15, 0.2) is 0 Å². The van der Waals surface area contributed by atoms with Gasteiger partial charge in [0.05, 0.1) is 12.2 Å². The van der Waals surface area contributed by atoms with Gasteiger partial charge in [-0.25, -0.2) is 4.79 Å². The van der Waals surface area contributed by atoms with Crippen LogP contribution in [0.2, 0.25) is 0 Å². The van der Waals surface area contributed by atoms with E-state index < -0.39 is 0 Å². The summed E-state index contributed by atoms with van der Waals surface area (Å²) in [6.45, 7) is 11.9. The molecule has 0 aliphatic carbocycles. The van der Waals surface area contributed by atoms with Gasteiger partial charge in [0.25, 0.3) is 0 Å². The molecule has 1 unspecified atom stereocenters. The van der Waals surface area contributed by atoms with E-state index in [0.29, 0.717) is 25.0 Å². The summed E-state index contributed by atoms with van der Waals surface area (Å²) in [5.41, 5.74) is 1.63.